The van der Waals surface area contributed by atoms with Gasteiger partial charge in [0.25, 0.3) is 10.2 Å². The predicted octanol–water partition coefficient (Wildman–Crippen LogP) is 1.54. The average molecular weight is 292 g/mol. The van der Waals surface area contributed by atoms with Crippen molar-refractivity contribution in [3.63, 3.8) is 0 Å². The topological polar surface area (TPSA) is 78.4 Å². The number of aliphatic hydroxyl groups is 1. The van der Waals surface area contributed by atoms with Crippen molar-refractivity contribution < 1.29 is 13.5 Å². The number of nitrogens with one attached hydrogen (secondary N) is 2. The van der Waals surface area contributed by atoms with Crippen molar-refractivity contribution in [2.75, 3.05) is 6.54 Å². The van der Waals surface area contributed by atoms with Crippen LogP contribution in [-0.4, -0.2) is 31.2 Å². The second-order valence-corrected chi connectivity index (χ2v) is 9.06. The summed E-state index contributed by atoms with van der Waals surface area (Å²) in [5, 5.41) is 10.4. The minimum atomic E-state index is -3.57. The third-order valence-electron chi connectivity index (χ3n) is 3.57. The van der Waals surface area contributed by atoms with Crippen LogP contribution >= 0.6 is 0 Å². The fraction of sp³-hybridized carbons (Fsp3) is 1.00. The number of hydrogen-bond acceptors (Lipinski definition) is 3. The molecule has 6 heteroatoms. The van der Waals surface area contributed by atoms with E-state index in [1.807, 2.05) is 0 Å². The van der Waals surface area contributed by atoms with Crippen molar-refractivity contribution in [2.45, 2.75) is 71.4 Å². The van der Waals surface area contributed by atoms with Crippen LogP contribution < -0.4 is 9.44 Å². The molecule has 114 valence electrons. The standard InChI is InChI=1S/C13H28N2O3S/c1-11(2,3)15-19(17,18)14-10-13(16)8-6-12(4,5)7-9-13/h14-16H,6-10H2,1-5H3. The molecule has 0 aromatic rings. The lowest BCUT2D eigenvalue weighted by Gasteiger charge is -2.40. The predicted molar refractivity (Wildman–Crippen MR) is 77.0 cm³/mol. The molecule has 0 saturated heterocycles. The highest BCUT2D eigenvalue weighted by molar-refractivity contribution is 7.87. The fourth-order valence-corrected chi connectivity index (χ4v) is 3.57. The highest BCUT2D eigenvalue weighted by atomic mass is 32.2. The van der Waals surface area contributed by atoms with E-state index in [9.17, 15) is 13.5 Å². The van der Waals surface area contributed by atoms with Gasteiger partial charge in [0.2, 0.25) is 0 Å². The van der Waals surface area contributed by atoms with Crippen LogP contribution in [0.15, 0.2) is 0 Å². The van der Waals surface area contributed by atoms with Crippen LogP contribution in [0, 0.1) is 5.41 Å². The van der Waals surface area contributed by atoms with E-state index in [4.69, 9.17) is 0 Å². The zero-order chi connectivity index (χ0) is 14.9. The lowest BCUT2D eigenvalue weighted by atomic mass is 9.71. The van der Waals surface area contributed by atoms with Crippen molar-refractivity contribution in [2.24, 2.45) is 5.41 Å². The molecule has 0 bridgehead atoms. The Kier molecular flexibility index (Phi) is 4.72. The van der Waals surface area contributed by atoms with Crippen molar-refractivity contribution >= 4 is 10.2 Å². The summed E-state index contributed by atoms with van der Waals surface area (Å²) < 4.78 is 28.6. The molecule has 0 aromatic carbocycles. The van der Waals surface area contributed by atoms with Crippen LogP contribution in [0.2, 0.25) is 0 Å². The zero-order valence-corrected chi connectivity index (χ0v) is 13.5. The lowest BCUT2D eigenvalue weighted by Crippen LogP contribution is -2.52. The van der Waals surface area contributed by atoms with Crippen LogP contribution in [-0.2, 0) is 10.2 Å². The molecule has 1 fully saturated rings. The van der Waals surface area contributed by atoms with E-state index >= 15 is 0 Å². The molecular weight excluding hydrogens is 264 g/mol. The molecule has 0 unspecified atom stereocenters. The molecular formula is C13H28N2O3S. The molecule has 3 N–H and O–H groups in total. The Morgan fingerprint density at radius 2 is 1.58 bits per heavy atom. The van der Waals surface area contributed by atoms with Gasteiger partial charge in [-0.25, -0.2) is 0 Å². The van der Waals surface area contributed by atoms with Gasteiger partial charge in [-0.3, -0.25) is 0 Å². The molecule has 0 heterocycles. The molecule has 0 radical (unpaired) electrons. The normalized spacial score (nSPS) is 23.3. The minimum Gasteiger partial charge on any atom is -0.389 e. The summed E-state index contributed by atoms with van der Waals surface area (Å²) in [5.41, 5.74) is -1.19. The molecule has 1 saturated carbocycles. The van der Waals surface area contributed by atoms with Gasteiger partial charge >= 0.3 is 0 Å². The Hall–Kier alpha value is -0.170. The van der Waals surface area contributed by atoms with Crippen molar-refractivity contribution in [1.29, 1.82) is 0 Å². The fourth-order valence-electron chi connectivity index (χ4n) is 2.24. The average Bonchev–Trinajstić information content (AvgIpc) is 2.18. The van der Waals surface area contributed by atoms with Crippen LogP contribution in [0.4, 0.5) is 0 Å². The molecule has 0 atom stereocenters. The third-order valence-corrected chi connectivity index (χ3v) is 4.97. The highest BCUT2D eigenvalue weighted by Gasteiger charge is 2.37. The van der Waals surface area contributed by atoms with Gasteiger partial charge < -0.3 is 5.11 Å². The van der Waals surface area contributed by atoms with Crippen LogP contribution in [0.1, 0.15) is 60.3 Å². The summed E-state index contributed by atoms with van der Waals surface area (Å²) in [6, 6.07) is 0. The molecule has 0 spiro atoms. The Balaban J connectivity index is 2.53. The summed E-state index contributed by atoms with van der Waals surface area (Å²) in [6.07, 6.45) is 3.10. The summed E-state index contributed by atoms with van der Waals surface area (Å²) in [5.74, 6) is 0. The minimum absolute atomic E-state index is 0.0779. The summed E-state index contributed by atoms with van der Waals surface area (Å²) >= 11 is 0. The van der Waals surface area contributed by atoms with E-state index in [-0.39, 0.29) is 12.0 Å². The smallest absolute Gasteiger partial charge is 0.277 e. The third kappa shape index (κ3) is 6.21. The van der Waals surface area contributed by atoms with E-state index < -0.39 is 21.3 Å². The monoisotopic (exact) mass is 292 g/mol. The molecule has 1 rings (SSSR count). The zero-order valence-electron chi connectivity index (χ0n) is 12.7. The highest BCUT2D eigenvalue weighted by Crippen LogP contribution is 2.39. The molecule has 0 aliphatic heterocycles. The molecule has 5 nitrogen and oxygen atoms in total. The molecule has 0 amide bonds. The molecule has 1 aliphatic rings. The van der Waals surface area contributed by atoms with Crippen molar-refractivity contribution in [3.8, 4) is 0 Å². The lowest BCUT2D eigenvalue weighted by molar-refractivity contribution is -0.0206. The first-order valence-corrected chi connectivity index (χ1v) is 8.32. The number of hydrogen-bond donors (Lipinski definition) is 3. The van der Waals surface area contributed by atoms with E-state index in [0.717, 1.165) is 12.8 Å². The first-order valence-electron chi connectivity index (χ1n) is 6.84. The first kappa shape index (κ1) is 16.9. The van der Waals surface area contributed by atoms with Crippen molar-refractivity contribution in [3.05, 3.63) is 0 Å². The maximum Gasteiger partial charge on any atom is 0.277 e. The quantitative estimate of drug-likeness (QED) is 0.735. The van der Waals surface area contributed by atoms with Crippen LogP contribution in [0.5, 0.6) is 0 Å². The van der Waals surface area contributed by atoms with Gasteiger partial charge in [0.1, 0.15) is 0 Å². The van der Waals surface area contributed by atoms with E-state index in [1.54, 1.807) is 20.8 Å². The van der Waals surface area contributed by atoms with Gasteiger partial charge in [0, 0.05) is 12.1 Å². The molecule has 1 aliphatic carbocycles. The van der Waals surface area contributed by atoms with Crippen LogP contribution in [0.25, 0.3) is 0 Å². The van der Waals surface area contributed by atoms with Gasteiger partial charge in [-0.15, -0.1) is 0 Å². The van der Waals surface area contributed by atoms with Crippen LogP contribution in [0.3, 0.4) is 0 Å². The summed E-state index contributed by atoms with van der Waals surface area (Å²) in [6.45, 7) is 9.78. The second-order valence-electron chi connectivity index (χ2n) is 7.57. The van der Waals surface area contributed by atoms with Gasteiger partial charge in [-0.2, -0.15) is 17.9 Å². The Bertz CT molecular complexity index is 400. The largest absolute Gasteiger partial charge is 0.389 e. The van der Waals surface area contributed by atoms with Gasteiger partial charge in [-0.1, -0.05) is 13.8 Å². The van der Waals surface area contributed by atoms with Gasteiger partial charge in [-0.05, 0) is 51.9 Å². The SMILES string of the molecule is CC1(C)CCC(O)(CNS(=O)(=O)NC(C)(C)C)CC1. The van der Waals surface area contributed by atoms with E-state index in [0.29, 0.717) is 12.8 Å². The van der Waals surface area contributed by atoms with E-state index in [1.165, 1.54) is 0 Å². The van der Waals surface area contributed by atoms with Gasteiger partial charge in [0.05, 0.1) is 5.60 Å². The first-order chi connectivity index (χ1) is 8.33. The summed E-state index contributed by atoms with van der Waals surface area (Å²) in [7, 11) is -3.57. The number of rotatable bonds is 4. The maximum absolute atomic E-state index is 11.8. The Labute approximate surface area is 117 Å². The molecule has 0 aromatic heterocycles. The van der Waals surface area contributed by atoms with Crippen molar-refractivity contribution in [1.82, 2.24) is 9.44 Å². The summed E-state index contributed by atoms with van der Waals surface area (Å²) in [4.78, 5) is 0. The Morgan fingerprint density at radius 1 is 1.11 bits per heavy atom. The maximum atomic E-state index is 11.8. The van der Waals surface area contributed by atoms with E-state index in [2.05, 4.69) is 23.3 Å². The second kappa shape index (κ2) is 5.31. The molecule has 19 heavy (non-hydrogen) atoms. The Morgan fingerprint density at radius 3 is 2.00 bits per heavy atom. The van der Waals surface area contributed by atoms with Gasteiger partial charge in [0.15, 0.2) is 0 Å².